The number of hydrogen-bond donors (Lipinski definition) is 0. The molecule has 0 aliphatic carbocycles. The highest BCUT2D eigenvalue weighted by Gasteiger charge is 2.38. The van der Waals surface area contributed by atoms with Gasteiger partial charge in [-0.1, -0.05) is 36.7 Å². The van der Waals surface area contributed by atoms with Gasteiger partial charge in [0, 0.05) is 17.0 Å². The van der Waals surface area contributed by atoms with Crippen molar-refractivity contribution in [3.05, 3.63) is 59.4 Å². The van der Waals surface area contributed by atoms with Crippen LogP contribution in [0.3, 0.4) is 0 Å². The van der Waals surface area contributed by atoms with E-state index in [9.17, 15) is 9.18 Å². The third kappa shape index (κ3) is 5.67. The molecule has 2 aromatic rings. The maximum atomic E-state index is 14.4. The molecule has 0 atom stereocenters. The summed E-state index contributed by atoms with van der Waals surface area (Å²) in [4.78, 5) is 12.7. The molecule has 0 radical (unpaired) electrons. The zero-order chi connectivity index (χ0) is 20.9. The predicted molar refractivity (Wildman–Crippen MR) is 118 cm³/mol. The summed E-state index contributed by atoms with van der Waals surface area (Å²) in [6.07, 6.45) is 0.825. The van der Waals surface area contributed by atoms with Crippen LogP contribution in [0.15, 0.2) is 42.5 Å². The zero-order valence-corrected chi connectivity index (χ0v) is 19.7. The number of hydrogen-bond acceptors (Lipinski definition) is 3. The first kappa shape index (κ1) is 22.6. The van der Waals surface area contributed by atoms with E-state index in [0.717, 1.165) is 17.5 Å². The fourth-order valence-corrected chi connectivity index (χ4v) is 3.55. The molecular weight excluding hydrogens is 439 g/mol. The summed E-state index contributed by atoms with van der Waals surface area (Å²) >= 11 is 3.32. The van der Waals surface area contributed by atoms with Crippen molar-refractivity contribution in [1.29, 1.82) is 0 Å². The third-order valence-corrected chi connectivity index (χ3v) is 9.95. The lowest BCUT2D eigenvalue weighted by molar-refractivity contribution is 0.103. The fraction of sp³-hybridized carbons (Fsp3) is 0.409. The van der Waals surface area contributed by atoms with Crippen LogP contribution < -0.4 is 9.16 Å². The quantitative estimate of drug-likeness (QED) is 0.190. The van der Waals surface area contributed by atoms with Gasteiger partial charge in [0.2, 0.25) is 8.32 Å². The van der Waals surface area contributed by atoms with E-state index in [1.54, 1.807) is 30.3 Å². The second kappa shape index (κ2) is 9.22. The van der Waals surface area contributed by atoms with Gasteiger partial charge in [-0.05, 0) is 61.0 Å². The van der Waals surface area contributed by atoms with Crippen molar-refractivity contribution in [3.63, 3.8) is 0 Å². The molecule has 0 saturated heterocycles. The number of benzene rings is 2. The predicted octanol–water partition coefficient (Wildman–Crippen LogP) is 6.60. The minimum absolute atomic E-state index is 0.0332. The number of carbonyl (C=O) groups is 1. The van der Waals surface area contributed by atoms with E-state index in [0.29, 0.717) is 17.9 Å². The molecule has 28 heavy (non-hydrogen) atoms. The lowest BCUT2D eigenvalue weighted by atomic mass is 10.0. The summed E-state index contributed by atoms with van der Waals surface area (Å²) in [6.45, 7) is 11.4. The third-order valence-electron chi connectivity index (χ3n) is 5.03. The highest BCUT2D eigenvalue weighted by Crippen LogP contribution is 2.37. The molecule has 0 fully saturated rings. The second-order valence-electron chi connectivity index (χ2n) is 8.25. The Morgan fingerprint density at radius 1 is 1.07 bits per heavy atom. The average Bonchev–Trinajstić information content (AvgIpc) is 2.61. The van der Waals surface area contributed by atoms with E-state index in [1.807, 2.05) is 0 Å². The van der Waals surface area contributed by atoms with Crippen LogP contribution in [0.4, 0.5) is 4.39 Å². The van der Waals surface area contributed by atoms with Gasteiger partial charge in [0.05, 0.1) is 12.2 Å². The van der Waals surface area contributed by atoms with Crippen molar-refractivity contribution in [2.45, 2.75) is 45.3 Å². The molecule has 0 amide bonds. The second-order valence-corrected chi connectivity index (χ2v) is 13.8. The van der Waals surface area contributed by atoms with Crippen molar-refractivity contribution in [3.8, 4) is 11.5 Å². The number of ether oxygens (including phenoxy) is 1. The molecule has 6 heteroatoms. The molecule has 3 nitrogen and oxygen atoms in total. The van der Waals surface area contributed by atoms with Crippen LogP contribution in [-0.4, -0.2) is 26.0 Å². The molecule has 0 aromatic heterocycles. The first-order valence-electron chi connectivity index (χ1n) is 9.37. The Bertz CT molecular complexity index is 814. The maximum Gasteiger partial charge on any atom is 0.250 e. The van der Waals surface area contributed by atoms with Gasteiger partial charge in [-0.3, -0.25) is 4.79 Å². The van der Waals surface area contributed by atoms with Gasteiger partial charge in [-0.2, -0.15) is 0 Å². The van der Waals surface area contributed by atoms with Crippen molar-refractivity contribution >= 4 is 30.0 Å². The highest BCUT2D eigenvalue weighted by molar-refractivity contribution is 9.09. The van der Waals surface area contributed by atoms with Gasteiger partial charge >= 0.3 is 0 Å². The van der Waals surface area contributed by atoms with Crippen LogP contribution in [0.5, 0.6) is 11.5 Å². The molecule has 0 bridgehead atoms. The Morgan fingerprint density at radius 3 is 2.21 bits per heavy atom. The van der Waals surface area contributed by atoms with Crippen LogP contribution in [0.2, 0.25) is 18.1 Å². The molecule has 2 aromatic carbocycles. The minimum Gasteiger partial charge on any atom is -0.544 e. The SMILES string of the molecule is CC(C)(C)[Si](C)(C)Oc1ccc(C(=O)c2ccc(OCCCBr)cc2F)cc1. The number of carbonyl (C=O) groups excluding carboxylic acids is 1. The van der Waals surface area contributed by atoms with Crippen LogP contribution in [0.1, 0.15) is 43.1 Å². The summed E-state index contributed by atoms with van der Waals surface area (Å²) in [7, 11) is -1.95. The summed E-state index contributed by atoms with van der Waals surface area (Å²) < 4.78 is 26.1. The zero-order valence-electron chi connectivity index (χ0n) is 17.1. The van der Waals surface area contributed by atoms with E-state index in [-0.39, 0.29) is 16.4 Å². The molecule has 0 saturated carbocycles. The molecule has 0 aliphatic rings. The van der Waals surface area contributed by atoms with Gasteiger partial charge in [0.25, 0.3) is 0 Å². The number of halogens is 2. The van der Waals surface area contributed by atoms with E-state index in [1.165, 1.54) is 12.1 Å². The van der Waals surface area contributed by atoms with E-state index < -0.39 is 14.1 Å². The smallest absolute Gasteiger partial charge is 0.250 e. The monoisotopic (exact) mass is 466 g/mol. The molecule has 2 rings (SSSR count). The van der Waals surface area contributed by atoms with Crippen LogP contribution >= 0.6 is 15.9 Å². The molecular formula is C22H28BrFO3Si. The van der Waals surface area contributed by atoms with Crippen LogP contribution in [0, 0.1) is 5.82 Å². The Morgan fingerprint density at radius 2 is 1.68 bits per heavy atom. The number of alkyl halides is 1. The van der Waals surface area contributed by atoms with Crippen molar-refractivity contribution in [2.75, 3.05) is 11.9 Å². The minimum atomic E-state index is -1.95. The summed E-state index contributed by atoms with van der Waals surface area (Å²) in [5.41, 5.74) is 0.459. The van der Waals surface area contributed by atoms with Gasteiger partial charge < -0.3 is 9.16 Å². The standard InChI is InChI=1S/C22H28BrFO3Si/c1-22(2,3)28(4,5)27-17-9-7-16(8-10-17)21(25)19-12-11-18(15-20(19)24)26-14-6-13-23/h7-12,15H,6,13-14H2,1-5H3. The fourth-order valence-electron chi connectivity index (χ4n) is 2.29. The maximum absolute atomic E-state index is 14.4. The molecule has 0 spiro atoms. The largest absolute Gasteiger partial charge is 0.544 e. The number of rotatable bonds is 8. The molecule has 152 valence electrons. The first-order chi connectivity index (χ1) is 13.0. The van der Waals surface area contributed by atoms with Crippen LogP contribution in [-0.2, 0) is 0 Å². The normalized spacial score (nSPS) is 12.0. The molecule has 0 unspecified atom stereocenters. The van der Waals surface area contributed by atoms with Gasteiger partial charge in [0.1, 0.15) is 17.3 Å². The molecule has 0 N–H and O–H groups in total. The van der Waals surface area contributed by atoms with Gasteiger partial charge in [0.15, 0.2) is 5.78 Å². The van der Waals surface area contributed by atoms with E-state index >= 15 is 0 Å². The lowest BCUT2D eigenvalue weighted by Crippen LogP contribution is -2.43. The Hall–Kier alpha value is -1.66. The lowest BCUT2D eigenvalue weighted by Gasteiger charge is -2.36. The van der Waals surface area contributed by atoms with Crippen molar-refractivity contribution in [2.24, 2.45) is 0 Å². The van der Waals surface area contributed by atoms with Gasteiger partial charge in [-0.25, -0.2) is 4.39 Å². The molecule has 0 heterocycles. The van der Waals surface area contributed by atoms with Crippen molar-refractivity contribution < 1.29 is 18.3 Å². The Labute approximate surface area is 176 Å². The van der Waals surface area contributed by atoms with E-state index in [4.69, 9.17) is 9.16 Å². The van der Waals surface area contributed by atoms with Crippen LogP contribution in [0.25, 0.3) is 0 Å². The number of ketones is 1. The summed E-state index contributed by atoms with van der Waals surface area (Å²) in [5, 5.41) is 0.907. The highest BCUT2D eigenvalue weighted by atomic mass is 79.9. The van der Waals surface area contributed by atoms with Crippen molar-refractivity contribution in [1.82, 2.24) is 0 Å². The topological polar surface area (TPSA) is 35.5 Å². The summed E-state index contributed by atoms with van der Waals surface area (Å²) in [5.74, 6) is 0.221. The summed E-state index contributed by atoms with van der Waals surface area (Å²) in [6, 6.07) is 11.3. The Kier molecular flexibility index (Phi) is 7.45. The van der Waals surface area contributed by atoms with Gasteiger partial charge in [-0.15, -0.1) is 0 Å². The van der Waals surface area contributed by atoms with E-state index in [2.05, 4.69) is 49.8 Å². The Balaban J connectivity index is 2.12. The average molecular weight is 467 g/mol. The molecule has 0 aliphatic heterocycles. The first-order valence-corrected chi connectivity index (χ1v) is 13.4.